The van der Waals surface area contributed by atoms with Gasteiger partial charge in [0.25, 0.3) is 11.9 Å². The second-order valence-electron chi connectivity index (χ2n) is 4.77. The lowest BCUT2D eigenvalue weighted by atomic mass is 10.1. The van der Waals surface area contributed by atoms with Crippen LogP contribution in [0.4, 0.5) is 0 Å². The first-order chi connectivity index (χ1) is 10.7. The number of primary amides is 1. The van der Waals surface area contributed by atoms with Gasteiger partial charge in [0.05, 0.1) is 12.5 Å². The second kappa shape index (κ2) is 5.81. The third-order valence-corrected chi connectivity index (χ3v) is 3.32. The normalized spacial score (nSPS) is 10.6. The molecule has 3 aromatic rings. The fourth-order valence-electron chi connectivity index (χ4n) is 2.23. The zero-order valence-corrected chi connectivity index (χ0v) is 12.0. The number of fused-ring (bicyclic) bond motifs is 1. The van der Waals surface area contributed by atoms with Crippen molar-refractivity contribution < 1.29 is 18.7 Å². The maximum Gasteiger partial charge on any atom is 0.293 e. The van der Waals surface area contributed by atoms with E-state index in [9.17, 15) is 4.79 Å². The monoisotopic (exact) mass is 297 g/mol. The molecule has 0 fully saturated rings. The molecule has 3 rings (SSSR count). The molecule has 0 aliphatic heterocycles. The van der Waals surface area contributed by atoms with E-state index < -0.39 is 5.91 Å². The van der Waals surface area contributed by atoms with Crippen molar-refractivity contribution in [3.63, 3.8) is 0 Å². The number of benzene rings is 2. The number of nitrogens with two attached hydrogens (primary N) is 1. The van der Waals surface area contributed by atoms with E-state index in [4.69, 9.17) is 19.6 Å². The van der Waals surface area contributed by atoms with Crippen molar-refractivity contribution >= 4 is 16.7 Å². The predicted octanol–water partition coefficient (Wildman–Crippen LogP) is 3.12. The zero-order valence-electron chi connectivity index (χ0n) is 12.0. The molecule has 0 atom stereocenters. The van der Waals surface area contributed by atoms with Crippen LogP contribution in [0.15, 0.2) is 52.9 Å². The highest BCUT2D eigenvalue weighted by Crippen LogP contribution is 2.35. The molecular formula is C17H15NO4. The molecule has 1 aromatic heterocycles. The fraction of sp³-hybridized carbons (Fsp3) is 0.118. The van der Waals surface area contributed by atoms with E-state index in [1.165, 1.54) is 0 Å². The van der Waals surface area contributed by atoms with E-state index >= 15 is 0 Å². The molecule has 0 aliphatic rings. The minimum atomic E-state index is -0.635. The van der Waals surface area contributed by atoms with E-state index in [1.807, 2.05) is 30.3 Å². The lowest BCUT2D eigenvalue weighted by Crippen LogP contribution is -2.09. The maximum absolute atomic E-state index is 11.5. The Balaban J connectivity index is 1.98. The summed E-state index contributed by atoms with van der Waals surface area (Å²) in [5.74, 6) is 0.353. The highest BCUT2D eigenvalue weighted by atomic mass is 16.6. The summed E-state index contributed by atoms with van der Waals surface area (Å²) in [5, 5.41) is 1.26. The minimum Gasteiger partial charge on any atom is -0.497 e. The van der Waals surface area contributed by atoms with Gasteiger partial charge in [-0.25, -0.2) is 0 Å². The van der Waals surface area contributed by atoms with Crippen LogP contribution >= 0.6 is 0 Å². The standard InChI is InChI=1S/C17H15NO4/c1-20-12-7-8-13-14(9-12)17(22-15(13)16(18)19)21-10-11-5-3-2-4-6-11/h2-9H,10H2,1H3,(H2,18,19). The van der Waals surface area contributed by atoms with Crippen LogP contribution in [0.2, 0.25) is 0 Å². The molecule has 5 heteroatoms. The van der Waals surface area contributed by atoms with E-state index in [0.717, 1.165) is 5.56 Å². The quantitative estimate of drug-likeness (QED) is 0.785. The van der Waals surface area contributed by atoms with Gasteiger partial charge in [-0.15, -0.1) is 0 Å². The molecule has 1 amide bonds. The highest BCUT2D eigenvalue weighted by molar-refractivity contribution is 6.06. The number of hydrogen-bond donors (Lipinski definition) is 1. The lowest BCUT2D eigenvalue weighted by molar-refractivity contribution is 0.0966. The van der Waals surface area contributed by atoms with Crippen LogP contribution in [0.5, 0.6) is 11.7 Å². The van der Waals surface area contributed by atoms with Gasteiger partial charge in [0.15, 0.2) is 0 Å². The highest BCUT2D eigenvalue weighted by Gasteiger charge is 2.19. The molecule has 1 heterocycles. The van der Waals surface area contributed by atoms with Crippen LogP contribution in [-0.4, -0.2) is 13.0 Å². The van der Waals surface area contributed by atoms with Gasteiger partial charge in [0, 0.05) is 5.39 Å². The Morgan fingerprint density at radius 2 is 1.91 bits per heavy atom. The Bertz CT molecular complexity index is 808. The Kier molecular flexibility index (Phi) is 3.70. The molecule has 112 valence electrons. The molecule has 0 saturated carbocycles. The molecule has 0 saturated heterocycles. The number of amides is 1. The maximum atomic E-state index is 11.5. The summed E-state index contributed by atoms with van der Waals surface area (Å²) in [5.41, 5.74) is 6.35. The largest absolute Gasteiger partial charge is 0.497 e. The molecule has 2 aromatic carbocycles. The smallest absolute Gasteiger partial charge is 0.293 e. The number of carbonyl (C=O) groups excluding carboxylic acids is 1. The van der Waals surface area contributed by atoms with Crippen molar-refractivity contribution in [2.75, 3.05) is 7.11 Å². The number of furan rings is 1. The van der Waals surface area contributed by atoms with Gasteiger partial charge >= 0.3 is 0 Å². The third kappa shape index (κ3) is 2.61. The van der Waals surface area contributed by atoms with Gasteiger partial charge in [-0.3, -0.25) is 4.79 Å². The van der Waals surface area contributed by atoms with Gasteiger partial charge in [-0.2, -0.15) is 0 Å². The summed E-state index contributed by atoms with van der Waals surface area (Å²) < 4.78 is 16.4. The van der Waals surface area contributed by atoms with Crippen molar-refractivity contribution in [1.82, 2.24) is 0 Å². The fourth-order valence-corrected chi connectivity index (χ4v) is 2.23. The van der Waals surface area contributed by atoms with E-state index in [-0.39, 0.29) is 11.7 Å². The molecule has 0 unspecified atom stereocenters. The van der Waals surface area contributed by atoms with Gasteiger partial charge in [0.1, 0.15) is 12.4 Å². The third-order valence-electron chi connectivity index (χ3n) is 3.32. The predicted molar refractivity (Wildman–Crippen MR) is 82.1 cm³/mol. The number of methoxy groups -OCH3 is 1. The SMILES string of the molecule is COc1ccc2c(C(N)=O)oc(OCc3ccccc3)c2c1. The Hall–Kier alpha value is -2.95. The molecule has 5 nitrogen and oxygen atoms in total. The Morgan fingerprint density at radius 3 is 2.59 bits per heavy atom. The van der Waals surface area contributed by atoms with Crippen LogP contribution in [-0.2, 0) is 6.61 Å². The summed E-state index contributed by atoms with van der Waals surface area (Å²) in [6, 6.07) is 14.9. The van der Waals surface area contributed by atoms with E-state index in [0.29, 0.717) is 23.1 Å². The van der Waals surface area contributed by atoms with Crippen LogP contribution in [0.25, 0.3) is 10.8 Å². The Morgan fingerprint density at radius 1 is 1.14 bits per heavy atom. The van der Waals surface area contributed by atoms with E-state index in [2.05, 4.69) is 0 Å². The van der Waals surface area contributed by atoms with Crippen molar-refractivity contribution in [2.45, 2.75) is 6.61 Å². The van der Waals surface area contributed by atoms with Crippen LogP contribution in [0.3, 0.4) is 0 Å². The second-order valence-corrected chi connectivity index (χ2v) is 4.77. The van der Waals surface area contributed by atoms with Crippen LogP contribution < -0.4 is 15.2 Å². The average Bonchev–Trinajstić information content (AvgIpc) is 2.92. The van der Waals surface area contributed by atoms with Crippen molar-refractivity contribution in [3.05, 3.63) is 59.9 Å². The minimum absolute atomic E-state index is 0.0840. The summed E-state index contributed by atoms with van der Waals surface area (Å²) in [7, 11) is 1.57. The van der Waals surface area contributed by atoms with E-state index in [1.54, 1.807) is 25.3 Å². The molecule has 0 bridgehead atoms. The first-order valence-electron chi connectivity index (χ1n) is 6.76. The van der Waals surface area contributed by atoms with Crippen LogP contribution in [0, 0.1) is 0 Å². The van der Waals surface area contributed by atoms with Gasteiger partial charge in [-0.1, -0.05) is 30.3 Å². The Labute approximate surface area is 127 Å². The number of hydrogen-bond acceptors (Lipinski definition) is 4. The first kappa shape index (κ1) is 14.0. The topological polar surface area (TPSA) is 74.7 Å². The van der Waals surface area contributed by atoms with Crippen LogP contribution in [0.1, 0.15) is 16.1 Å². The summed E-state index contributed by atoms with van der Waals surface area (Å²) in [6.45, 7) is 0.332. The van der Waals surface area contributed by atoms with Crippen molar-refractivity contribution in [2.24, 2.45) is 5.73 Å². The molecule has 0 spiro atoms. The molecule has 22 heavy (non-hydrogen) atoms. The molecule has 2 N–H and O–H groups in total. The number of carbonyl (C=O) groups is 1. The lowest BCUT2D eigenvalue weighted by Gasteiger charge is -2.04. The van der Waals surface area contributed by atoms with Gasteiger partial charge in [0.2, 0.25) is 5.76 Å². The number of rotatable bonds is 5. The summed E-state index contributed by atoms with van der Waals surface area (Å²) >= 11 is 0. The van der Waals surface area contributed by atoms with Gasteiger partial charge in [-0.05, 0) is 23.8 Å². The van der Waals surface area contributed by atoms with Crippen molar-refractivity contribution in [3.8, 4) is 11.7 Å². The average molecular weight is 297 g/mol. The summed E-state index contributed by atoms with van der Waals surface area (Å²) in [4.78, 5) is 11.5. The zero-order chi connectivity index (χ0) is 15.5. The molecular weight excluding hydrogens is 282 g/mol. The number of ether oxygens (including phenoxy) is 2. The van der Waals surface area contributed by atoms with Gasteiger partial charge < -0.3 is 19.6 Å². The van der Waals surface area contributed by atoms with Crippen molar-refractivity contribution in [1.29, 1.82) is 0 Å². The molecule has 0 radical (unpaired) electrons. The first-order valence-corrected chi connectivity index (χ1v) is 6.76. The summed E-state index contributed by atoms with van der Waals surface area (Å²) in [6.07, 6.45) is 0. The molecule has 0 aliphatic carbocycles.